The maximum Gasteiger partial charge on any atom is 0.135 e. The molecule has 0 amide bonds. The largest absolute Gasteiger partial charge is 0.381 e. The third-order valence-corrected chi connectivity index (χ3v) is 2.99. The van der Waals surface area contributed by atoms with E-state index >= 15 is 0 Å². The first-order chi connectivity index (χ1) is 9.04. The first-order valence-corrected chi connectivity index (χ1v) is 7.76. The number of hydrogen-bond acceptors (Lipinski definition) is 3. The zero-order valence-corrected chi connectivity index (χ0v) is 13.2. The summed E-state index contributed by atoms with van der Waals surface area (Å²) in [5.41, 5.74) is 0. The summed E-state index contributed by atoms with van der Waals surface area (Å²) in [5, 5.41) is 0. The van der Waals surface area contributed by atoms with E-state index in [1.807, 2.05) is 13.8 Å². The third kappa shape index (κ3) is 13.8. The number of ketones is 1. The molecule has 0 aromatic carbocycles. The van der Waals surface area contributed by atoms with Gasteiger partial charge < -0.3 is 9.47 Å². The lowest BCUT2D eigenvalue weighted by molar-refractivity contribution is -0.122. The normalized spacial score (nSPS) is 11.5. The number of rotatable bonds is 13. The quantitative estimate of drug-likeness (QED) is 0.475. The number of unbranched alkanes of at least 4 members (excludes halogenated alkanes) is 3. The minimum absolute atomic E-state index is 0.160. The number of carbonyl (C=O) groups is 1. The summed E-state index contributed by atoms with van der Waals surface area (Å²) in [7, 11) is 0. The molecular formula is C16H32O3. The Labute approximate surface area is 119 Å². The minimum atomic E-state index is 0.160. The Bertz CT molecular complexity index is 212. The van der Waals surface area contributed by atoms with Crippen molar-refractivity contribution < 1.29 is 14.3 Å². The van der Waals surface area contributed by atoms with Crippen LogP contribution in [-0.2, 0) is 14.3 Å². The molecule has 0 N–H and O–H groups in total. The van der Waals surface area contributed by atoms with Gasteiger partial charge in [-0.1, -0.05) is 26.7 Å². The SMILES string of the molecule is CC(C)OCCCCCCOCCCC(=O)C(C)C. The van der Waals surface area contributed by atoms with Crippen LogP contribution in [0.15, 0.2) is 0 Å². The van der Waals surface area contributed by atoms with E-state index in [0.717, 1.165) is 39.1 Å². The third-order valence-electron chi connectivity index (χ3n) is 2.99. The lowest BCUT2D eigenvalue weighted by Gasteiger charge is -2.07. The molecule has 0 spiro atoms. The zero-order valence-electron chi connectivity index (χ0n) is 13.2. The number of hydrogen-bond donors (Lipinski definition) is 0. The van der Waals surface area contributed by atoms with Crippen LogP contribution in [0.5, 0.6) is 0 Å². The Morgan fingerprint density at radius 1 is 0.842 bits per heavy atom. The van der Waals surface area contributed by atoms with Gasteiger partial charge in [0.25, 0.3) is 0 Å². The maximum absolute atomic E-state index is 11.4. The monoisotopic (exact) mass is 272 g/mol. The molecule has 3 heteroatoms. The molecule has 0 radical (unpaired) electrons. The van der Waals surface area contributed by atoms with Gasteiger partial charge in [-0.2, -0.15) is 0 Å². The minimum Gasteiger partial charge on any atom is -0.381 e. The van der Waals surface area contributed by atoms with Crippen LogP contribution in [0.2, 0.25) is 0 Å². The number of carbonyl (C=O) groups excluding carboxylic acids is 1. The smallest absolute Gasteiger partial charge is 0.135 e. The lowest BCUT2D eigenvalue weighted by atomic mass is 10.1. The molecule has 0 fully saturated rings. The second kappa shape index (κ2) is 12.6. The fraction of sp³-hybridized carbons (Fsp3) is 0.938. The predicted octanol–water partition coefficient (Wildman–Crippen LogP) is 3.99. The topological polar surface area (TPSA) is 35.5 Å². The molecule has 0 heterocycles. The van der Waals surface area contributed by atoms with Crippen molar-refractivity contribution in [1.29, 1.82) is 0 Å². The van der Waals surface area contributed by atoms with Crippen LogP contribution in [0.3, 0.4) is 0 Å². The van der Waals surface area contributed by atoms with Crippen molar-refractivity contribution in [3.8, 4) is 0 Å². The molecule has 0 saturated carbocycles. The Kier molecular flexibility index (Phi) is 12.3. The van der Waals surface area contributed by atoms with Gasteiger partial charge in [-0.3, -0.25) is 4.79 Å². The van der Waals surface area contributed by atoms with Crippen molar-refractivity contribution in [1.82, 2.24) is 0 Å². The van der Waals surface area contributed by atoms with Gasteiger partial charge >= 0.3 is 0 Å². The van der Waals surface area contributed by atoms with Gasteiger partial charge in [-0.25, -0.2) is 0 Å². The van der Waals surface area contributed by atoms with Crippen molar-refractivity contribution in [3.05, 3.63) is 0 Å². The van der Waals surface area contributed by atoms with Crippen LogP contribution in [0.25, 0.3) is 0 Å². The Morgan fingerprint density at radius 3 is 2.00 bits per heavy atom. The second-order valence-corrected chi connectivity index (χ2v) is 5.67. The summed E-state index contributed by atoms with van der Waals surface area (Å²) in [5.74, 6) is 0.502. The molecule has 0 aliphatic carbocycles. The summed E-state index contributed by atoms with van der Waals surface area (Å²) in [4.78, 5) is 11.4. The first kappa shape index (κ1) is 18.6. The first-order valence-electron chi connectivity index (χ1n) is 7.76. The molecule has 0 aromatic rings. The Morgan fingerprint density at radius 2 is 1.42 bits per heavy atom. The van der Waals surface area contributed by atoms with Crippen LogP contribution >= 0.6 is 0 Å². The highest BCUT2D eigenvalue weighted by molar-refractivity contribution is 5.80. The van der Waals surface area contributed by atoms with Crippen LogP contribution in [0, 0.1) is 5.92 Å². The molecule has 0 aliphatic heterocycles. The standard InChI is InChI=1S/C16H32O3/c1-14(2)16(17)10-9-12-18-11-7-5-6-8-13-19-15(3)4/h14-15H,5-13H2,1-4H3. The van der Waals surface area contributed by atoms with Crippen molar-refractivity contribution in [3.63, 3.8) is 0 Å². The van der Waals surface area contributed by atoms with E-state index in [4.69, 9.17) is 9.47 Å². The summed E-state index contributed by atoms with van der Waals surface area (Å²) in [6.45, 7) is 10.4. The molecule has 0 bridgehead atoms. The van der Waals surface area contributed by atoms with Gasteiger partial charge in [0.2, 0.25) is 0 Å². The van der Waals surface area contributed by atoms with Crippen LogP contribution in [-0.4, -0.2) is 31.7 Å². The molecule has 0 atom stereocenters. The van der Waals surface area contributed by atoms with Gasteiger partial charge in [-0.15, -0.1) is 0 Å². The van der Waals surface area contributed by atoms with Crippen LogP contribution < -0.4 is 0 Å². The fourth-order valence-electron chi connectivity index (χ4n) is 1.72. The van der Waals surface area contributed by atoms with E-state index in [1.54, 1.807) is 0 Å². The molecule has 3 nitrogen and oxygen atoms in total. The number of Topliss-reactive ketones (excluding diaryl/α,β-unsaturated/α-hetero) is 1. The fourth-order valence-corrected chi connectivity index (χ4v) is 1.72. The highest BCUT2D eigenvalue weighted by atomic mass is 16.5. The van der Waals surface area contributed by atoms with Crippen LogP contribution in [0.1, 0.15) is 66.2 Å². The summed E-state index contributed by atoms with van der Waals surface area (Å²) < 4.78 is 11.0. The molecule has 0 rings (SSSR count). The van der Waals surface area contributed by atoms with E-state index in [1.165, 1.54) is 12.8 Å². The summed E-state index contributed by atoms with van der Waals surface area (Å²) in [6.07, 6.45) is 6.52. The molecule has 114 valence electrons. The molecule has 0 aliphatic rings. The van der Waals surface area contributed by atoms with Gasteiger partial charge in [0.15, 0.2) is 0 Å². The number of ether oxygens (including phenoxy) is 2. The van der Waals surface area contributed by atoms with E-state index in [-0.39, 0.29) is 5.92 Å². The van der Waals surface area contributed by atoms with Crippen molar-refractivity contribution >= 4 is 5.78 Å². The highest BCUT2D eigenvalue weighted by Gasteiger charge is 2.05. The lowest BCUT2D eigenvalue weighted by Crippen LogP contribution is -2.08. The van der Waals surface area contributed by atoms with E-state index in [2.05, 4.69) is 13.8 Å². The van der Waals surface area contributed by atoms with Crippen molar-refractivity contribution in [2.24, 2.45) is 5.92 Å². The molecule has 0 aromatic heterocycles. The molecular weight excluding hydrogens is 240 g/mol. The van der Waals surface area contributed by atoms with Crippen molar-refractivity contribution in [2.45, 2.75) is 72.3 Å². The molecule has 0 unspecified atom stereocenters. The van der Waals surface area contributed by atoms with Gasteiger partial charge in [-0.05, 0) is 33.1 Å². The predicted molar refractivity (Wildman–Crippen MR) is 79.5 cm³/mol. The highest BCUT2D eigenvalue weighted by Crippen LogP contribution is 2.04. The Hall–Kier alpha value is -0.410. The summed E-state index contributed by atoms with van der Waals surface area (Å²) in [6, 6.07) is 0. The zero-order chi connectivity index (χ0) is 14.5. The van der Waals surface area contributed by atoms with E-state index < -0.39 is 0 Å². The van der Waals surface area contributed by atoms with Gasteiger partial charge in [0.05, 0.1) is 6.10 Å². The second-order valence-electron chi connectivity index (χ2n) is 5.67. The summed E-state index contributed by atoms with van der Waals surface area (Å²) >= 11 is 0. The molecule has 0 saturated heterocycles. The van der Waals surface area contributed by atoms with Crippen LogP contribution in [0.4, 0.5) is 0 Å². The average Bonchev–Trinajstić information content (AvgIpc) is 2.35. The van der Waals surface area contributed by atoms with Gasteiger partial charge in [0.1, 0.15) is 5.78 Å². The van der Waals surface area contributed by atoms with Gasteiger partial charge in [0, 0.05) is 32.2 Å². The maximum atomic E-state index is 11.4. The van der Waals surface area contributed by atoms with Crippen molar-refractivity contribution in [2.75, 3.05) is 19.8 Å². The molecule has 19 heavy (non-hydrogen) atoms. The van der Waals surface area contributed by atoms with E-state index in [9.17, 15) is 4.79 Å². The average molecular weight is 272 g/mol. The van der Waals surface area contributed by atoms with E-state index in [0.29, 0.717) is 18.3 Å². The Balaban J connectivity index is 3.09.